The lowest BCUT2D eigenvalue weighted by Gasteiger charge is -2.41. The van der Waals surface area contributed by atoms with Crippen molar-refractivity contribution >= 4 is 21.8 Å². The molecule has 0 aliphatic heterocycles. The molecule has 0 saturated heterocycles. The number of hydrogen-bond donors (Lipinski definition) is 0. The lowest BCUT2D eigenvalue weighted by atomic mass is 9.74. The molecule has 2 rings (SSSR count). The molecule has 1 amide bonds. The van der Waals surface area contributed by atoms with Crippen molar-refractivity contribution in [3.8, 4) is 0 Å². The quantitative estimate of drug-likeness (QED) is 0.702. The van der Waals surface area contributed by atoms with Gasteiger partial charge in [-0.2, -0.15) is 0 Å². The summed E-state index contributed by atoms with van der Waals surface area (Å²) in [4.78, 5) is 15.3. The lowest BCUT2D eigenvalue weighted by molar-refractivity contribution is -0.144. The van der Waals surface area contributed by atoms with Crippen LogP contribution in [0.1, 0.15) is 64.7 Å². The van der Waals surface area contributed by atoms with Gasteiger partial charge in [-0.1, -0.05) is 55.0 Å². The zero-order valence-electron chi connectivity index (χ0n) is 11.8. The Hall–Kier alpha value is -0.0500. The minimum atomic E-state index is -0.0861. The van der Waals surface area contributed by atoms with Crippen LogP contribution in [0.4, 0.5) is 0 Å². The molecule has 0 bridgehead atoms. The van der Waals surface area contributed by atoms with Crippen molar-refractivity contribution in [1.82, 2.24) is 4.90 Å². The summed E-state index contributed by atoms with van der Waals surface area (Å²) in [6.45, 7) is 2.18. The van der Waals surface area contributed by atoms with Gasteiger partial charge < -0.3 is 4.90 Å². The molecule has 0 aromatic rings. The highest BCUT2D eigenvalue weighted by Gasteiger charge is 2.40. The first-order chi connectivity index (χ1) is 8.54. The van der Waals surface area contributed by atoms with Gasteiger partial charge in [0.15, 0.2) is 0 Å². The predicted molar refractivity (Wildman–Crippen MR) is 78.9 cm³/mol. The van der Waals surface area contributed by atoms with Crippen LogP contribution in [-0.2, 0) is 4.79 Å². The fraction of sp³-hybridized carbons (Fsp3) is 0.933. The molecule has 2 unspecified atom stereocenters. The van der Waals surface area contributed by atoms with Crippen LogP contribution >= 0.6 is 15.9 Å². The van der Waals surface area contributed by atoms with Crippen molar-refractivity contribution in [1.29, 1.82) is 0 Å². The smallest absolute Gasteiger partial charge is 0.228 e. The summed E-state index contributed by atoms with van der Waals surface area (Å²) in [6.07, 6.45) is 10.8. The average molecular weight is 316 g/mol. The Balaban J connectivity index is 2.02. The van der Waals surface area contributed by atoms with Crippen LogP contribution in [0.5, 0.6) is 0 Å². The number of amides is 1. The van der Waals surface area contributed by atoms with E-state index in [0.717, 1.165) is 19.3 Å². The predicted octanol–water partition coefficient (Wildman–Crippen LogP) is 4.12. The third-order valence-electron chi connectivity index (χ3n) is 4.94. The zero-order valence-corrected chi connectivity index (χ0v) is 13.3. The van der Waals surface area contributed by atoms with E-state index in [2.05, 4.69) is 27.8 Å². The fourth-order valence-corrected chi connectivity index (χ4v) is 4.57. The van der Waals surface area contributed by atoms with E-state index in [0.29, 0.717) is 16.8 Å². The molecule has 2 nitrogen and oxygen atoms in total. The largest absolute Gasteiger partial charge is 0.341 e. The molecule has 2 aliphatic carbocycles. The number of rotatable bonds is 2. The van der Waals surface area contributed by atoms with Gasteiger partial charge in [-0.3, -0.25) is 4.79 Å². The third kappa shape index (κ3) is 2.92. The number of halogens is 1. The van der Waals surface area contributed by atoms with Crippen molar-refractivity contribution in [2.45, 2.75) is 75.6 Å². The molecule has 0 aromatic carbocycles. The molecule has 3 heteroatoms. The Morgan fingerprint density at radius 3 is 2.33 bits per heavy atom. The summed E-state index contributed by atoms with van der Waals surface area (Å²) in [5.41, 5.74) is -0.0861. The maximum Gasteiger partial charge on any atom is 0.228 e. The summed E-state index contributed by atoms with van der Waals surface area (Å²) >= 11 is 3.77. The zero-order chi connectivity index (χ0) is 13.2. The molecular weight excluding hydrogens is 290 g/mol. The molecular formula is C15H26BrNO. The van der Waals surface area contributed by atoms with Gasteiger partial charge in [-0.05, 0) is 25.7 Å². The Morgan fingerprint density at radius 2 is 1.72 bits per heavy atom. The second kappa shape index (κ2) is 5.94. The van der Waals surface area contributed by atoms with Gasteiger partial charge in [0.2, 0.25) is 5.91 Å². The molecule has 2 aliphatic rings. The van der Waals surface area contributed by atoms with Crippen LogP contribution in [-0.4, -0.2) is 28.7 Å². The van der Waals surface area contributed by atoms with Gasteiger partial charge >= 0.3 is 0 Å². The van der Waals surface area contributed by atoms with Crippen LogP contribution in [0, 0.1) is 5.41 Å². The normalized spacial score (nSPS) is 31.9. The molecule has 2 saturated carbocycles. The number of carbonyl (C=O) groups is 1. The minimum Gasteiger partial charge on any atom is -0.341 e. The Labute approximate surface area is 120 Å². The van der Waals surface area contributed by atoms with E-state index < -0.39 is 0 Å². The standard InChI is InChI=1S/C15H26BrNO/c1-15(10-6-3-7-11-15)14(18)17(2)13-9-5-4-8-12(13)16/h12-13H,3-11H2,1-2H3. The summed E-state index contributed by atoms with van der Waals surface area (Å²) in [6, 6.07) is 0.407. The lowest BCUT2D eigenvalue weighted by Crippen LogP contribution is -2.50. The summed E-state index contributed by atoms with van der Waals surface area (Å²) in [7, 11) is 2.02. The first kappa shape index (κ1) is 14.4. The molecule has 0 spiro atoms. The van der Waals surface area contributed by atoms with Gasteiger partial charge in [0, 0.05) is 23.3 Å². The Kier molecular flexibility index (Phi) is 4.74. The van der Waals surface area contributed by atoms with Crippen LogP contribution in [0.15, 0.2) is 0 Å². The summed E-state index contributed by atoms with van der Waals surface area (Å²) in [5.74, 6) is 0.388. The number of alkyl halides is 1. The highest BCUT2D eigenvalue weighted by atomic mass is 79.9. The second-order valence-corrected chi connectivity index (χ2v) is 7.58. The molecule has 0 N–H and O–H groups in total. The van der Waals surface area contributed by atoms with E-state index in [1.807, 2.05) is 7.05 Å². The Morgan fingerprint density at radius 1 is 1.11 bits per heavy atom. The van der Waals surface area contributed by atoms with Crippen molar-refractivity contribution < 1.29 is 4.79 Å². The van der Waals surface area contributed by atoms with Crippen LogP contribution < -0.4 is 0 Å². The topological polar surface area (TPSA) is 20.3 Å². The molecule has 0 aromatic heterocycles. The maximum absolute atomic E-state index is 12.8. The van der Waals surface area contributed by atoms with Crippen molar-refractivity contribution in [2.24, 2.45) is 5.41 Å². The Bertz CT molecular complexity index is 299. The fourth-order valence-electron chi connectivity index (χ4n) is 3.62. The second-order valence-electron chi connectivity index (χ2n) is 6.41. The van der Waals surface area contributed by atoms with Crippen LogP contribution in [0.2, 0.25) is 0 Å². The molecule has 104 valence electrons. The van der Waals surface area contributed by atoms with E-state index in [1.54, 1.807) is 0 Å². The van der Waals surface area contributed by atoms with Crippen molar-refractivity contribution in [2.75, 3.05) is 7.05 Å². The average Bonchev–Trinajstić information content (AvgIpc) is 2.38. The van der Waals surface area contributed by atoms with Crippen molar-refractivity contribution in [3.05, 3.63) is 0 Å². The highest BCUT2D eigenvalue weighted by Crippen LogP contribution is 2.39. The first-order valence-electron chi connectivity index (χ1n) is 7.46. The molecule has 2 atom stereocenters. The van der Waals surface area contributed by atoms with E-state index in [-0.39, 0.29) is 5.41 Å². The van der Waals surface area contributed by atoms with E-state index in [1.165, 1.54) is 38.5 Å². The first-order valence-corrected chi connectivity index (χ1v) is 8.37. The van der Waals surface area contributed by atoms with E-state index >= 15 is 0 Å². The monoisotopic (exact) mass is 315 g/mol. The van der Waals surface area contributed by atoms with Gasteiger partial charge in [0.25, 0.3) is 0 Å². The summed E-state index contributed by atoms with van der Waals surface area (Å²) in [5, 5.41) is 0. The highest BCUT2D eigenvalue weighted by molar-refractivity contribution is 9.09. The minimum absolute atomic E-state index is 0.0861. The van der Waals surface area contributed by atoms with Gasteiger partial charge in [-0.15, -0.1) is 0 Å². The van der Waals surface area contributed by atoms with E-state index in [4.69, 9.17) is 0 Å². The summed E-state index contributed by atoms with van der Waals surface area (Å²) < 4.78 is 0. The maximum atomic E-state index is 12.8. The van der Waals surface area contributed by atoms with Gasteiger partial charge in [0.1, 0.15) is 0 Å². The van der Waals surface area contributed by atoms with Crippen LogP contribution in [0.25, 0.3) is 0 Å². The van der Waals surface area contributed by atoms with Crippen molar-refractivity contribution in [3.63, 3.8) is 0 Å². The molecule has 2 fully saturated rings. The van der Waals surface area contributed by atoms with Crippen LogP contribution in [0.3, 0.4) is 0 Å². The third-order valence-corrected chi connectivity index (χ3v) is 6.01. The van der Waals surface area contributed by atoms with Gasteiger partial charge in [0.05, 0.1) is 0 Å². The van der Waals surface area contributed by atoms with E-state index in [9.17, 15) is 4.79 Å². The number of hydrogen-bond acceptors (Lipinski definition) is 1. The van der Waals surface area contributed by atoms with Gasteiger partial charge in [-0.25, -0.2) is 0 Å². The molecule has 0 radical (unpaired) electrons. The molecule has 18 heavy (non-hydrogen) atoms. The molecule has 0 heterocycles. The SMILES string of the molecule is CN(C(=O)C1(C)CCCCC1)C1CCCCC1Br. The number of nitrogens with zero attached hydrogens (tertiary/aromatic N) is 1. The number of carbonyl (C=O) groups excluding carboxylic acids is 1.